The van der Waals surface area contributed by atoms with Crippen LogP contribution in [0.25, 0.3) is 0 Å². The summed E-state index contributed by atoms with van der Waals surface area (Å²) in [7, 11) is 0. The molecule has 0 radical (unpaired) electrons. The lowest BCUT2D eigenvalue weighted by Gasteiger charge is -2.19. The van der Waals surface area contributed by atoms with Gasteiger partial charge in [-0.15, -0.1) is 0 Å². The van der Waals surface area contributed by atoms with Crippen molar-refractivity contribution in [2.45, 2.75) is 13.5 Å². The Hall–Kier alpha value is -1.65. The lowest BCUT2D eigenvalue weighted by Crippen LogP contribution is -2.29. The molecule has 1 amide bonds. The van der Waals surface area contributed by atoms with Crippen molar-refractivity contribution in [2.75, 3.05) is 4.90 Å². The molecule has 1 heterocycles. The second kappa shape index (κ2) is 5.28. The number of anilines is 1. The number of halogens is 2. The maximum absolute atomic E-state index is 12.2. The fraction of sp³-hybridized carbons (Fsp3) is 0.125. The van der Waals surface area contributed by atoms with Crippen molar-refractivity contribution in [3.05, 3.63) is 62.6 Å². The second-order valence-corrected chi connectivity index (χ2v) is 6.32. The molecule has 1 aliphatic heterocycles. The summed E-state index contributed by atoms with van der Waals surface area (Å²) in [6, 6.07) is 10.9. The van der Waals surface area contributed by atoms with Gasteiger partial charge in [0.25, 0.3) is 11.7 Å². The molecule has 0 atom stereocenters. The summed E-state index contributed by atoms with van der Waals surface area (Å²) in [5, 5.41) is 0.609. The Bertz CT molecular complexity index is 773. The van der Waals surface area contributed by atoms with Crippen LogP contribution in [0.1, 0.15) is 21.5 Å². The van der Waals surface area contributed by atoms with Gasteiger partial charge >= 0.3 is 0 Å². The van der Waals surface area contributed by atoms with Crippen molar-refractivity contribution in [3.63, 3.8) is 0 Å². The van der Waals surface area contributed by atoms with Gasteiger partial charge in [0.15, 0.2) is 0 Å². The van der Waals surface area contributed by atoms with Crippen molar-refractivity contribution < 1.29 is 9.59 Å². The molecule has 106 valence electrons. The van der Waals surface area contributed by atoms with Crippen LogP contribution < -0.4 is 4.90 Å². The summed E-state index contributed by atoms with van der Waals surface area (Å²) in [4.78, 5) is 25.9. The quantitative estimate of drug-likeness (QED) is 0.751. The zero-order valence-corrected chi connectivity index (χ0v) is 13.5. The highest BCUT2D eigenvalue weighted by Gasteiger charge is 2.37. The molecule has 0 aliphatic carbocycles. The molecule has 0 bridgehead atoms. The Balaban J connectivity index is 2.05. The molecule has 3 nitrogen and oxygen atoms in total. The van der Waals surface area contributed by atoms with Crippen molar-refractivity contribution in [3.8, 4) is 0 Å². The van der Waals surface area contributed by atoms with Crippen LogP contribution >= 0.6 is 27.5 Å². The first-order valence-electron chi connectivity index (χ1n) is 6.38. The van der Waals surface area contributed by atoms with Crippen molar-refractivity contribution in [2.24, 2.45) is 0 Å². The third kappa shape index (κ3) is 2.49. The van der Waals surface area contributed by atoms with Crippen molar-refractivity contribution in [1.82, 2.24) is 0 Å². The predicted octanol–water partition coefficient (Wildman–Crippen LogP) is 4.14. The number of aryl methyl sites for hydroxylation is 1. The van der Waals surface area contributed by atoms with Crippen LogP contribution in [0.4, 0.5) is 5.69 Å². The molecule has 3 rings (SSSR count). The van der Waals surface area contributed by atoms with Crippen LogP contribution in [-0.4, -0.2) is 11.7 Å². The maximum atomic E-state index is 12.2. The smallest absolute Gasteiger partial charge is 0.299 e. The molecule has 0 aromatic heterocycles. The predicted molar refractivity (Wildman–Crippen MR) is 85.9 cm³/mol. The number of rotatable bonds is 2. The highest BCUT2D eigenvalue weighted by Crippen LogP contribution is 2.36. The van der Waals surface area contributed by atoms with Gasteiger partial charge in [-0.1, -0.05) is 39.7 Å². The van der Waals surface area contributed by atoms with Gasteiger partial charge in [-0.3, -0.25) is 9.59 Å². The summed E-state index contributed by atoms with van der Waals surface area (Å²) < 4.78 is 0.796. The number of carbonyl (C=O) groups excluding carboxylic acids is 2. The van der Waals surface area contributed by atoms with E-state index >= 15 is 0 Å². The Morgan fingerprint density at radius 2 is 1.95 bits per heavy atom. The normalized spacial score (nSPS) is 13.8. The van der Waals surface area contributed by atoms with Crippen LogP contribution in [0.2, 0.25) is 5.02 Å². The van der Waals surface area contributed by atoms with Gasteiger partial charge in [0.05, 0.1) is 17.8 Å². The Morgan fingerprint density at radius 1 is 1.19 bits per heavy atom. The van der Waals surface area contributed by atoms with Gasteiger partial charge in [-0.2, -0.15) is 0 Å². The summed E-state index contributed by atoms with van der Waals surface area (Å²) in [6.45, 7) is 2.22. The largest absolute Gasteiger partial charge is 0.300 e. The highest BCUT2D eigenvalue weighted by atomic mass is 79.9. The van der Waals surface area contributed by atoms with Gasteiger partial charge in [0.1, 0.15) is 0 Å². The van der Waals surface area contributed by atoms with Crippen LogP contribution in [0, 0.1) is 6.92 Å². The molecule has 0 unspecified atom stereocenters. The van der Waals surface area contributed by atoms with E-state index in [9.17, 15) is 9.59 Å². The number of nitrogens with zero attached hydrogens (tertiary/aromatic N) is 1. The fourth-order valence-corrected chi connectivity index (χ4v) is 3.36. The van der Waals surface area contributed by atoms with Gasteiger partial charge in [0, 0.05) is 9.50 Å². The van der Waals surface area contributed by atoms with E-state index in [1.807, 2.05) is 25.1 Å². The maximum Gasteiger partial charge on any atom is 0.299 e. The summed E-state index contributed by atoms with van der Waals surface area (Å²) in [5.41, 5.74) is 2.92. The number of ketones is 1. The summed E-state index contributed by atoms with van der Waals surface area (Å²) >= 11 is 9.33. The van der Waals surface area contributed by atoms with E-state index in [2.05, 4.69) is 15.9 Å². The number of hydrogen-bond acceptors (Lipinski definition) is 2. The lowest BCUT2D eigenvalue weighted by atomic mass is 10.1. The molecule has 0 saturated heterocycles. The van der Waals surface area contributed by atoms with E-state index < -0.39 is 11.7 Å². The summed E-state index contributed by atoms with van der Waals surface area (Å²) in [6.07, 6.45) is 0. The number of carbonyl (C=O) groups is 2. The zero-order valence-electron chi connectivity index (χ0n) is 11.2. The molecule has 0 fully saturated rings. The molecule has 21 heavy (non-hydrogen) atoms. The number of Topliss-reactive ketones (excluding diaryl/α,β-unsaturated/α-hetero) is 1. The first kappa shape index (κ1) is 14.3. The molecule has 0 N–H and O–H groups in total. The topological polar surface area (TPSA) is 37.4 Å². The minimum absolute atomic E-state index is 0.334. The summed E-state index contributed by atoms with van der Waals surface area (Å²) in [5.74, 6) is -0.956. The first-order valence-corrected chi connectivity index (χ1v) is 7.55. The fourth-order valence-electron chi connectivity index (χ4n) is 2.57. The average Bonchev–Trinajstić information content (AvgIpc) is 2.64. The first-order chi connectivity index (χ1) is 9.97. The highest BCUT2D eigenvalue weighted by molar-refractivity contribution is 9.10. The van der Waals surface area contributed by atoms with E-state index in [1.165, 1.54) is 4.90 Å². The van der Waals surface area contributed by atoms with E-state index in [4.69, 9.17) is 11.6 Å². The Kier molecular flexibility index (Phi) is 3.59. The molecular formula is C16H11BrClNO2. The third-order valence-electron chi connectivity index (χ3n) is 3.45. The monoisotopic (exact) mass is 363 g/mol. The van der Waals surface area contributed by atoms with Crippen LogP contribution in [0.5, 0.6) is 0 Å². The van der Waals surface area contributed by atoms with Gasteiger partial charge in [-0.25, -0.2) is 0 Å². The van der Waals surface area contributed by atoms with E-state index in [0.29, 0.717) is 22.8 Å². The molecular weight excluding hydrogens is 354 g/mol. The van der Waals surface area contributed by atoms with Gasteiger partial charge < -0.3 is 4.90 Å². The van der Waals surface area contributed by atoms with Crippen LogP contribution in [-0.2, 0) is 11.3 Å². The van der Waals surface area contributed by atoms with Crippen molar-refractivity contribution >= 4 is 44.9 Å². The van der Waals surface area contributed by atoms with Crippen LogP contribution in [0.3, 0.4) is 0 Å². The van der Waals surface area contributed by atoms with Gasteiger partial charge in [-0.05, 0) is 42.3 Å². The lowest BCUT2D eigenvalue weighted by molar-refractivity contribution is -0.114. The second-order valence-electron chi connectivity index (χ2n) is 4.97. The minimum Gasteiger partial charge on any atom is -0.300 e. The molecule has 1 aliphatic rings. The SMILES string of the molecule is Cc1cc(Br)cc2c1N(Cc1cccc(Cl)c1)C(=O)C2=O. The minimum atomic E-state index is -0.494. The molecule has 0 spiro atoms. The van der Waals surface area contributed by atoms with Crippen LogP contribution in [0.15, 0.2) is 40.9 Å². The Morgan fingerprint density at radius 3 is 2.67 bits per heavy atom. The molecule has 5 heteroatoms. The standard InChI is InChI=1S/C16H11BrClNO2/c1-9-5-11(17)7-13-14(9)19(16(21)15(13)20)8-10-3-2-4-12(18)6-10/h2-7H,8H2,1H3. The van der Waals surface area contributed by atoms with E-state index in [0.717, 1.165) is 15.6 Å². The number of fused-ring (bicyclic) bond motifs is 1. The molecule has 0 saturated carbocycles. The third-order valence-corrected chi connectivity index (χ3v) is 4.14. The Labute approximate surface area is 135 Å². The number of hydrogen-bond donors (Lipinski definition) is 0. The number of amides is 1. The molecule has 2 aromatic carbocycles. The average molecular weight is 365 g/mol. The number of benzene rings is 2. The molecule has 2 aromatic rings. The van der Waals surface area contributed by atoms with E-state index in [1.54, 1.807) is 18.2 Å². The van der Waals surface area contributed by atoms with Gasteiger partial charge in [0.2, 0.25) is 0 Å². The van der Waals surface area contributed by atoms with E-state index in [-0.39, 0.29) is 0 Å². The zero-order chi connectivity index (χ0) is 15.1. The van der Waals surface area contributed by atoms with Crippen molar-refractivity contribution in [1.29, 1.82) is 0 Å².